The first-order chi connectivity index (χ1) is 14.5. The zero-order chi connectivity index (χ0) is 23.0. The molecule has 1 heterocycles. The summed E-state index contributed by atoms with van der Waals surface area (Å²) in [6.07, 6.45) is -2.00. The van der Waals surface area contributed by atoms with E-state index in [1.807, 2.05) is 0 Å². The Morgan fingerprint density at radius 1 is 1.23 bits per heavy atom. The van der Waals surface area contributed by atoms with Crippen LogP contribution in [-0.2, 0) is 0 Å². The molecule has 0 amide bonds. The summed E-state index contributed by atoms with van der Waals surface area (Å²) in [6, 6.07) is 1.90. The molecule has 0 bridgehead atoms. The van der Waals surface area contributed by atoms with Gasteiger partial charge in [0.05, 0.1) is 19.0 Å². The molecule has 2 aromatic rings. The molecule has 0 spiro atoms. The summed E-state index contributed by atoms with van der Waals surface area (Å²) in [7, 11) is 1.05. The Balaban J connectivity index is 2.26. The molecule has 168 valence electrons. The van der Waals surface area contributed by atoms with Gasteiger partial charge in [-0.25, -0.2) is 8.78 Å². The zero-order valence-corrected chi connectivity index (χ0v) is 17.5. The van der Waals surface area contributed by atoms with Crippen LogP contribution in [0.1, 0.15) is 17.2 Å². The molecular formula is C20H17Cl2F5N2O2. The van der Waals surface area contributed by atoms with E-state index in [9.17, 15) is 27.1 Å². The predicted molar refractivity (Wildman–Crippen MR) is 110 cm³/mol. The molecule has 11 heteroatoms. The van der Waals surface area contributed by atoms with Crippen molar-refractivity contribution in [3.8, 4) is 5.75 Å². The molecule has 3 rings (SSSR count). The molecule has 2 atom stereocenters. The number of benzene rings is 2. The van der Waals surface area contributed by atoms with E-state index >= 15 is 0 Å². The van der Waals surface area contributed by atoms with Crippen LogP contribution in [0.3, 0.4) is 0 Å². The fourth-order valence-electron chi connectivity index (χ4n) is 3.35. The lowest BCUT2D eigenvalue weighted by atomic mass is 9.87. The number of anilines is 2. The van der Waals surface area contributed by atoms with E-state index in [1.54, 1.807) is 12.2 Å². The number of methoxy groups -OCH3 is 1. The Morgan fingerprint density at radius 2 is 1.94 bits per heavy atom. The molecule has 0 saturated heterocycles. The largest absolute Gasteiger partial charge is 0.493 e. The van der Waals surface area contributed by atoms with Crippen LogP contribution in [0.2, 0.25) is 5.02 Å². The standard InChI is InChI=1S/C20H17Cl2F5N2O2/c1-31-17-13(5-10(22)6-14(17)24)18(19(30,9-21)20(25,26)27)29-16-8-11(23)7-15-12(16)3-2-4-28-15/h2-3,5-8,18,28-30H,4,9H2,1H3. The normalized spacial score (nSPS) is 16.2. The Kier molecular flexibility index (Phi) is 6.59. The number of fused-ring (bicyclic) bond motifs is 1. The van der Waals surface area contributed by atoms with Crippen LogP contribution in [0.4, 0.5) is 33.3 Å². The van der Waals surface area contributed by atoms with Crippen molar-refractivity contribution in [2.45, 2.75) is 17.8 Å². The van der Waals surface area contributed by atoms with E-state index in [4.69, 9.17) is 27.9 Å². The van der Waals surface area contributed by atoms with Gasteiger partial charge in [0.2, 0.25) is 0 Å². The summed E-state index contributed by atoms with van der Waals surface area (Å²) in [5.41, 5.74) is -3.45. The van der Waals surface area contributed by atoms with Crippen molar-refractivity contribution >= 4 is 40.7 Å². The number of ether oxygens (including phenoxy) is 1. The van der Waals surface area contributed by atoms with Gasteiger partial charge in [-0.1, -0.05) is 23.8 Å². The minimum Gasteiger partial charge on any atom is -0.493 e. The highest BCUT2D eigenvalue weighted by Gasteiger charge is 2.59. The predicted octanol–water partition coefficient (Wildman–Crippen LogP) is 5.75. The summed E-state index contributed by atoms with van der Waals surface area (Å²) in [5.74, 6) is -3.67. The number of halogens is 7. The second kappa shape index (κ2) is 8.72. The van der Waals surface area contributed by atoms with Gasteiger partial charge in [0.1, 0.15) is 5.82 Å². The van der Waals surface area contributed by atoms with E-state index in [-0.39, 0.29) is 10.7 Å². The third-order valence-electron chi connectivity index (χ3n) is 4.86. The summed E-state index contributed by atoms with van der Waals surface area (Å²) < 4.78 is 75.4. The van der Waals surface area contributed by atoms with Gasteiger partial charge in [0.15, 0.2) is 17.2 Å². The van der Waals surface area contributed by atoms with Gasteiger partial charge in [0, 0.05) is 34.1 Å². The fraction of sp³-hybridized carbons (Fsp3) is 0.300. The highest BCUT2D eigenvalue weighted by atomic mass is 35.5. The summed E-state index contributed by atoms with van der Waals surface area (Å²) in [6.45, 7) is 0.390. The van der Waals surface area contributed by atoms with Crippen LogP contribution in [0.15, 0.2) is 30.3 Å². The van der Waals surface area contributed by atoms with Gasteiger partial charge >= 0.3 is 6.18 Å². The second-order valence-electron chi connectivity index (χ2n) is 6.84. The molecule has 0 aliphatic carbocycles. The van der Waals surface area contributed by atoms with Crippen molar-refractivity contribution in [2.24, 2.45) is 0 Å². The Labute approximate surface area is 184 Å². The Bertz CT molecular complexity index is 1020. The van der Waals surface area contributed by atoms with Crippen LogP contribution in [0.25, 0.3) is 6.08 Å². The minimum absolute atomic E-state index is 0.0846. The molecule has 2 unspecified atom stereocenters. The number of nitrogens with one attached hydrogen (secondary N) is 2. The number of hydrogen-bond donors (Lipinski definition) is 3. The van der Waals surface area contributed by atoms with Crippen molar-refractivity contribution in [1.82, 2.24) is 0 Å². The van der Waals surface area contributed by atoms with Gasteiger partial charge in [-0.3, -0.25) is 0 Å². The zero-order valence-electron chi connectivity index (χ0n) is 16.0. The fourth-order valence-corrected chi connectivity index (χ4v) is 3.86. The summed E-state index contributed by atoms with van der Waals surface area (Å²) in [5, 5.41) is 15.8. The molecule has 0 fully saturated rings. The quantitative estimate of drug-likeness (QED) is 0.362. The van der Waals surface area contributed by atoms with E-state index in [0.717, 1.165) is 25.3 Å². The highest BCUT2D eigenvalue weighted by Crippen LogP contribution is 2.47. The smallest absolute Gasteiger partial charge is 0.420 e. The van der Waals surface area contributed by atoms with Gasteiger partial charge in [-0.05, 0) is 24.3 Å². The minimum atomic E-state index is -5.25. The van der Waals surface area contributed by atoms with Gasteiger partial charge in [-0.2, -0.15) is 13.2 Å². The SMILES string of the molecule is COc1c(F)cc(Cl)cc1C(Nc1cc(F)cc2c1C=CCN2)C(O)(CCl)C(F)(F)F. The average molecular weight is 483 g/mol. The van der Waals surface area contributed by atoms with Crippen molar-refractivity contribution in [3.05, 3.63) is 58.1 Å². The van der Waals surface area contributed by atoms with Crippen LogP contribution in [0, 0.1) is 11.6 Å². The first-order valence-corrected chi connectivity index (χ1v) is 9.81. The highest BCUT2D eigenvalue weighted by molar-refractivity contribution is 6.30. The maximum Gasteiger partial charge on any atom is 0.420 e. The van der Waals surface area contributed by atoms with Crippen molar-refractivity contribution in [2.75, 3.05) is 30.2 Å². The van der Waals surface area contributed by atoms with Crippen LogP contribution in [-0.4, -0.2) is 36.4 Å². The lowest BCUT2D eigenvalue weighted by Gasteiger charge is -2.38. The summed E-state index contributed by atoms with van der Waals surface area (Å²) in [4.78, 5) is 0. The topological polar surface area (TPSA) is 53.5 Å². The number of hydrogen-bond acceptors (Lipinski definition) is 4. The third kappa shape index (κ3) is 4.40. The summed E-state index contributed by atoms with van der Waals surface area (Å²) >= 11 is 11.4. The van der Waals surface area contributed by atoms with E-state index < -0.39 is 46.6 Å². The lowest BCUT2D eigenvalue weighted by molar-refractivity contribution is -0.257. The molecule has 0 saturated carbocycles. The lowest BCUT2D eigenvalue weighted by Crippen LogP contribution is -2.54. The molecular weight excluding hydrogens is 466 g/mol. The molecule has 0 aromatic heterocycles. The van der Waals surface area contributed by atoms with E-state index in [1.165, 1.54) is 6.07 Å². The Morgan fingerprint density at radius 3 is 2.55 bits per heavy atom. The van der Waals surface area contributed by atoms with Crippen molar-refractivity contribution in [1.29, 1.82) is 0 Å². The van der Waals surface area contributed by atoms with Crippen LogP contribution in [0.5, 0.6) is 5.75 Å². The van der Waals surface area contributed by atoms with Crippen LogP contribution < -0.4 is 15.4 Å². The number of aliphatic hydroxyl groups is 1. The molecule has 0 radical (unpaired) electrons. The molecule has 1 aliphatic heterocycles. The van der Waals surface area contributed by atoms with Gasteiger partial charge < -0.3 is 20.5 Å². The van der Waals surface area contributed by atoms with Crippen molar-refractivity contribution in [3.63, 3.8) is 0 Å². The van der Waals surface area contributed by atoms with Crippen LogP contribution >= 0.6 is 23.2 Å². The first-order valence-electron chi connectivity index (χ1n) is 8.90. The second-order valence-corrected chi connectivity index (χ2v) is 7.54. The average Bonchev–Trinajstić information content (AvgIpc) is 2.69. The van der Waals surface area contributed by atoms with E-state index in [0.29, 0.717) is 17.8 Å². The molecule has 3 N–H and O–H groups in total. The molecule has 4 nitrogen and oxygen atoms in total. The Hall–Kier alpha value is -2.23. The molecule has 1 aliphatic rings. The van der Waals surface area contributed by atoms with Crippen molar-refractivity contribution < 1.29 is 31.8 Å². The third-order valence-corrected chi connectivity index (χ3v) is 5.49. The molecule has 31 heavy (non-hydrogen) atoms. The maximum atomic E-state index is 14.4. The number of alkyl halides is 4. The van der Waals surface area contributed by atoms with Gasteiger partial charge in [-0.15, -0.1) is 11.6 Å². The van der Waals surface area contributed by atoms with E-state index in [2.05, 4.69) is 10.6 Å². The van der Waals surface area contributed by atoms with Gasteiger partial charge in [0.25, 0.3) is 0 Å². The monoisotopic (exact) mass is 482 g/mol. The molecule has 2 aromatic carbocycles. The number of rotatable bonds is 6. The first kappa shape index (κ1) is 23.4. The maximum absolute atomic E-state index is 14.4.